The maximum Gasteiger partial charge on any atom is 0.161 e. The van der Waals surface area contributed by atoms with Crippen LogP contribution in [-0.2, 0) is 0 Å². The summed E-state index contributed by atoms with van der Waals surface area (Å²) < 4.78 is 11.2. The van der Waals surface area contributed by atoms with Crippen LogP contribution in [-0.4, -0.2) is 31.6 Å². The first-order valence-corrected chi connectivity index (χ1v) is 7.62. The van der Waals surface area contributed by atoms with E-state index in [2.05, 4.69) is 21.2 Å². The minimum absolute atomic E-state index is 0.658. The zero-order valence-electron chi connectivity index (χ0n) is 11.0. The second kappa shape index (κ2) is 10.2. The minimum Gasteiger partial charge on any atom is -0.490 e. The fourth-order valence-electron chi connectivity index (χ4n) is 1.55. The predicted octanol–water partition coefficient (Wildman–Crippen LogP) is 3.23. The number of rotatable bonds is 10. The number of alkyl halides is 1. The first kappa shape index (κ1) is 15.3. The molecule has 0 aliphatic heterocycles. The van der Waals surface area contributed by atoms with Crippen LogP contribution in [0.15, 0.2) is 24.3 Å². The van der Waals surface area contributed by atoms with Crippen molar-refractivity contribution in [2.75, 3.05) is 31.6 Å². The molecule has 0 aromatic heterocycles. The zero-order chi connectivity index (χ0) is 13.1. The highest BCUT2D eigenvalue weighted by Crippen LogP contribution is 2.25. The van der Waals surface area contributed by atoms with Gasteiger partial charge in [0.05, 0.1) is 6.61 Å². The molecule has 1 N–H and O–H groups in total. The molecule has 0 atom stereocenters. The van der Waals surface area contributed by atoms with E-state index in [0.717, 1.165) is 29.9 Å². The smallest absolute Gasteiger partial charge is 0.161 e. The summed E-state index contributed by atoms with van der Waals surface area (Å²) in [4.78, 5) is 0. The zero-order valence-corrected chi connectivity index (χ0v) is 12.5. The third kappa shape index (κ3) is 6.26. The molecule has 0 aliphatic rings. The molecule has 0 bridgehead atoms. The topological polar surface area (TPSA) is 30.5 Å². The Bertz CT molecular complexity index is 320. The molecule has 4 heteroatoms. The number of benzene rings is 1. The Morgan fingerprint density at radius 2 is 1.78 bits per heavy atom. The van der Waals surface area contributed by atoms with E-state index < -0.39 is 0 Å². The number of hydrogen-bond acceptors (Lipinski definition) is 3. The molecule has 1 rings (SSSR count). The van der Waals surface area contributed by atoms with Crippen LogP contribution in [0.4, 0.5) is 0 Å². The lowest BCUT2D eigenvalue weighted by atomic mass is 10.3. The predicted molar refractivity (Wildman–Crippen MR) is 79.0 cm³/mol. The van der Waals surface area contributed by atoms with Crippen molar-refractivity contribution in [3.8, 4) is 11.5 Å². The summed E-state index contributed by atoms with van der Waals surface area (Å²) in [7, 11) is 0. The van der Waals surface area contributed by atoms with Crippen LogP contribution in [0.25, 0.3) is 0 Å². The lowest BCUT2D eigenvalue weighted by Gasteiger charge is -2.11. The van der Waals surface area contributed by atoms with Gasteiger partial charge >= 0.3 is 0 Å². The van der Waals surface area contributed by atoms with Gasteiger partial charge in [0.25, 0.3) is 0 Å². The Hall–Kier alpha value is -0.740. The fraction of sp³-hybridized carbons (Fsp3) is 0.571. The minimum atomic E-state index is 0.658. The normalized spacial score (nSPS) is 10.3. The molecule has 0 aliphatic carbocycles. The van der Waals surface area contributed by atoms with Gasteiger partial charge in [-0.15, -0.1) is 0 Å². The average molecular weight is 316 g/mol. The van der Waals surface area contributed by atoms with Gasteiger partial charge in [-0.2, -0.15) is 0 Å². The van der Waals surface area contributed by atoms with Gasteiger partial charge in [-0.25, -0.2) is 0 Å². The molecule has 0 amide bonds. The molecule has 0 saturated heterocycles. The number of hydrogen-bond donors (Lipinski definition) is 1. The van der Waals surface area contributed by atoms with E-state index in [9.17, 15) is 0 Å². The Kier molecular flexibility index (Phi) is 8.69. The van der Waals surface area contributed by atoms with E-state index in [4.69, 9.17) is 9.47 Å². The van der Waals surface area contributed by atoms with E-state index in [1.807, 2.05) is 31.2 Å². The Balaban J connectivity index is 2.18. The molecule has 102 valence electrons. The fourth-order valence-corrected chi connectivity index (χ4v) is 1.94. The first-order chi connectivity index (χ1) is 8.88. The number of ether oxygens (including phenoxy) is 2. The third-order valence-corrected chi connectivity index (χ3v) is 2.98. The van der Waals surface area contributed by atoms with Crippen LogP contribution in [0, 0.1) is 0 Å². The van der Waals surface area contributed by atoms with Crippen molar-refractivity contribution >= 4 is 15.9 Å². The van der Waals surface area contributed by atoms with Gasteiger partial charge in [0, 0.05) is 11.9 Å². The highest BCUT2D eigenvalue weighted by atomic mass is 79.9. The Morgan fingerprint density at radius 1 is 1.06 bits per heavy atom. The molecular formula is C14H22BrNO2. The monoisotopic (exact) mass is 315 g/mol. The van der Waals surface area contributed by atoms with Gasteiger partial charge in [0.15, 0.2) is 11.5 Å². The van der Waals surface area contributed by atoms with E-state index in [0.29, 0.717) is 13.2 Å². The Labute approximate surface area is 118 Å². The van der Waals surface area contributed by atoms with Crippen LogP contribution >= 0.6 is 15.9 Å². The molecule has 3 nitrogen and oxygen atoms in total. The summed E-state index contributed by atoms with van der Waals surface area (Å²) in [6.07, 6.45) is 2.40. The summed E-state index contributed by atoms with van der Waals surface area (Å²) >= 11 is 3.42. The summed E-state index contributed by atoms with van der Waals surface area (Å²) in [6, 6.07) is 7.79. The lowest BCUT2D eigenvalue weighted by Crippen LogP contribution is -2.22. The molecule has 0 unspecified atom stereocenters. The van der Waals surface area contributed by atoms with E-state index >= 15 is 0 Å². The molecular weight excluding hydrogens is 294 g/mol. The molecule has 0 heterocycles. The molecule has 1 aromatic rings. The van der Waals surface area contributed by atoms with Crippen molar-refractivity contribution in [2.24, 2.45) is 0 Å². The van der Waals surface area contributed by atoms with Gasteiger partial charge in [-0.3, -0.25) is 0 Å². The maximum absolute atomic E-state index is 5.70. The van der Waals surface area contributed by atoms with Crippen LogP contribution in [0.2, 0.25) is 0 Å². The molecule has 18 heavy (non-hydrogen) atoms. The number of unbranched alkanes of at least 4 members (excludes halogenated alkanes) is 1. The number of halogens is 1. The van der Waals surface area contributed by atoms with Crippen molar-refractivity contribution in [3.63, 3.8) is 0 Å². The molecule has 0 radical (unpaired) electrons. The quantitative estimate of drug-likeness (QED) is 0.531. The maximum atomic E-state index is 5.70. The summed E-state index contributed by atoms with van der Waals surface area (Å²) in [5.74, 6) is 1.64. The van der Waals surface area contributed by atoms with E-state index in [-0.39, 0.29) is 0 Å². The van der Waals surface area contributed by atoms with Gasteiger partial charge in [0.2, 0.25) is 0 Å². The summed E-state index contributed by atoms with van der Waals surface area (Å²) in [6.45, 7) is 5.20. The second-order valence-corrected chi connectivity index (χ2v) is 4.67. The van der Waals surface area contributed by atoms with E-state index in [1.165, 1.54) is 12.8 Å². The van der Waals surface area contributed by atoms with Gasteiger partial charge in [0.1, 0.15) is 6.61 Å². The standard InChI is InChI=1S/C14H22BrNO2/c1-2-17-13-7-3-4-8-14(13)18-12-11-16-10-6-5-9-15/h3-4,7-8,16H,2,5-6,9-12H2,1H3. The van der Waals surface area contributed by atoms with Crippen LogP contribution in [0.3, 0.4) is 0 Å². The highest BCUT2D eigenvalue weighted by molar-refractivity contribution is 9.09. The number of nitrogens with one attached hydrogen (secondary N) is 1. The summed E-state index contributed by atoms with van der Waals surface area (Å²) in [5, 5.41) is 4.43. The highest BCUT2D eigenvalue weighted by Gasteiger charge is 2.02. The third-order valence-electron chi connectivity index (χ3n) is 2.42. The van der Waals surface area contributed by atoms with Crippen LogP contribution in [0.1, 0.15) is 19.8 Å². The van der Waals surface area contributed by atoms with Crippen molar-refractivity contribution in [2.45, 2.75) is 19.8 Å². The Morgan fingerprint density at radius 3 is 2.44 bits per heavy atom. The molecule has 0 spiro atoms. The largest absolute Gasteiger partial charge is 0.490 e. The molecule has 0 saturated carbocycles. The molecule has 1 aromatic carbocycles. The average Bonchev–Trinajstić information content (AvgIpc) is 2.40. The van der Waals surface area contributed by atoms with E-state index in [1.54, 1.807) is 0 Å². The lowest BCUT2D eigenvalue weighted by molar-refractivity contribution is 0.276. The van der Waals surface area contributed by atoms with Gasteiger partial charge in [-0.05, 0) is 38.4 Å². The van der Waals surface area contributed by atoms with Gasteiger partial charge in [-0.1, -0.05) is 28.1 Å². The van der Waals surface area contributed by atoms with Crippen molar-refractivity contribution in [1.29, 1.82) is 0 Å². The van der Waals surface area contributed by atoms with Crippen molar-refractivity contribution in [1.82, 2.24) is 5.32 Å². The second-order valence-electron chi connectivity index (χ2n) is 3.87. The number of para-hydroxylation sites is 2. The van der Waals surface area contributed by atoms with Crippen LogP contribution < -0.4 is 14.8 Å². The first-order valence-electron chi connectivity index (χ1n) is 6.49. The van der Waals surface area contributed by atoms with Crippen molar-refractivity contribution < 1.29 is 9.47 Å². The van der Waals surface area contributed by atoms with Gasteiger partial charge < -0.3 is 14.8 Å². The van der Waals surface area contributed by atoms with Crippen molar-refractivity contribution in [3.05, 3.63) is 24.3 Å². The summed E-state index contributed by atoms with van der Waals surface area (Å²) in [5.41, 5.74) is 0. The SMILES string of the molecule is CCOc1ccccc1OCCNCCCCBr. The molecule has 0 fully saturated rings. The van der Waals surface area contributed by atoms with Crippen LogP contribution in [0.5, 0.6) is 11.5 Å².